The lowest BCUT2D eigenvalue weighted by molar-refractivity contribution is -0.140. The van der Waals surface area contributed by atoms with Crippen LogP contribution in [-0.2, 0) is 9.53 Å². The van der Waals surface area contributed by atoms with Crippen LogP contribution in [0.2, 0.25) is 0 Å². The number of carbonyl (C=O) groups is 1. The molecule has 3 heteroatoms. The third-order valence-corrected chi connectivity index (χ3v) is 3.14. The van der Waals surface area contributed by atoms with Gasteiger partial charge in [0.1, 0.15) is 0 Å². The predicted molar refractivity (Wildman–Crippen MR) is 60.5 cm³/mol. The standard InChI is InChI=1S/C13H16O3/c1-9-2-4-10(5-3-9)12(13(14)15)11-6-7-16-8-11/h2-5,11-12H,6-8H2,1H3,(H,14,15). The van der Waals surface area contributed by atoms with Gasteiger partial charge in [-0.1, -0.05) is 29.8 Å². The first kappa shape index (κ1) is 11.1. The van der Waals surface area contributed by atoms with E-state index in [4.69, 9.17) is 4.74 Å². The van der Waals surface area contributed by atoms with Crippen molar-refractivity contribution >= 4 is 5.97 Å². The lowest BCUT2D eigenvalue weighted by atomic mass is 9.85. The van der Waals surface area contributed by atoms with E-state index >= 15 is 0 Å². The number of hydrogen-bond donors (Lipinski definition) is 1. The van der Waals surface area contributed by atoms with Gasteiger partial charge in [0.25, 0.3) is 0 Å². The highest BCUT2D eigenvalue weighted by Crippen LogP contribution is 2.31. The van der Waals surface area contributed by atoms with E-state index in [-0.39, 0.29) is 5.92 Å². The topological polar surface area (TPSA) is 46.5 Å². The van der Waals surface area contributed by atoms with Crippen molar-refractivity contribution in [3.05, 3.63) is 35.4 Å². The van der Waals surface area contributed by atoms with Crippen molar-refractivity contribution < 1.29 is 14.6 Å². The molecule has 1 aromatic carbocycles. The van der Waals surface area contributed by atoms with Crippen LogP contribution >= 0.6 is 0 Å². The number of aliphatic carboxylic acids is 1. The maximum atomic E-state index is 11.3. The Balaban J connectivity index is 2.24. The van der Waals surface area contributed by atoms with E-state index in [0.29, 0.717) is 13.2 Å². The predicted octanol–water partition coefficient (Wildman–Crippen LogP) is 2.20. The van der Waals surface area contributed by atoms with Gasteiger partial charge in [0.05, 0.1) is 12.5 Å². The van der Waals surface area contributed by atoms with Crippen molar-refractivity contribution in [1.29, 1.82) is 0 Å². The van der Waals surface area contributed by atoms with Gasteiger partial charge in [0, 0.05) is 12.5 Å². The van der Waals surface area contributed by atoms with Gasteiger partial charge >= 0.3 is 5.97 Å². The van der Waals surface area contributed by atoms with Crippen molar-refractivity contribution in [2.24, 2.45) is 5.92 Å². The molecule has 0 radical (unpaired) electrons. The van der Waals surface area contributed by atoms with Gasteiger partial charge in [-0.3, -0.25) is 4.79 Å². The lowest BCUT2D eigenvalue weighted by Crippen LogP contribution is -2.21. The van der Waals surface area contributed by atoms with Gasteiger partial charge in [0.15, 0.2) is 0 Å². The number of benzene rings is 1. The summed E-state index contributed by atoms with van der Waals surface area (Å²) in [5, 5.41) is 9.30. The van der Waals surface area contributed by atoms with Crippen LogP contribution in [0.4, 0.5) is 0 Å². The summed E-state index contributed by atoms with van der Waals surface area (Å²) in [6, 6.07) is 7.74. The van der Waals surface area contributed by atoms with Gasteiger partial charge in [-0.05, 0) is 18.9 Å². The van der Waals surface area contributed by atoms with Crippen molar-refractivity contribution in [2.75, 3.05) is 13.2 Å². The summed E-state index contributed by atoms with van der Waals surface area (Å²) in [5.41, 5.74) is 2.03. The zero-order valence-corrected chi connectivity index (χ0v) is 9.35. The van der Waals surface area contributed by atoms with E-state index in [1.807, 2.05) is 31.2 Å². The monoisotopic (exact) mass is 220 g/mol. The second-order valence-electron chi connectivity index (χ2n) is 4.35. The number of aryl methyl sites for hydroxylation is 1. The fourth-order valence-corrected chi connectivity index (χ4v) is 2.21. The fourth-order valence-electron chi connectivity index (χ4n) is 2.21. The normalized spacial score (nSPS) is 21.9. The van der Waals surface area contributed by atoms with Gasteiger partial charge in [-0.2, -0.15) is 0 Å². The Hall–Kier alpha value is -1.35. The summed E-state index contributed by atoms with van der Waals surface area (Å²) in [5.74, 6) is -1.07. The molecule has 0 amide bonds. The van der Waals surface area contributed by atoms with Crippen LogP contribution in [0.3, 0.4) is 0 Å². The molecule has 1 N–H and O–H groups in total. The Kier molecular flexibility index (Phi) is 3.25. The highest BCUT2D eigenvalue weighted by molar-refractivity contribution is 5.76. The van der Waals surface area contributed by atoms with E-state index in [1.54, 1.807) is 0 Å². The molecule has 1 aliphatic heterocycles. The van der Waals surface area contributed by atoms with Crippen molar-refractivity contribution in [1.82, 2.24) is 0 Å². The van der Waals surface area contributed by atoms with Gasteiger partial charge in [0.2, 0.25) is 0 Å². The molecule has 1 saturated heterocycles. The zero-order valence-electron chi connectivity index (χ0n) is 9.35. The molecule has 2 unspecified atom stereocenters. The fraction of sp³-hybridized carbons (Fsp3) is 0.462. The minimum absolute atomic E-state index is 0.111. The third kappa shape index (κ3) is 2.25. The van der Waals surface area contributed by atoms with E-state index in [9.17, 15) is 9.90 Å². The van der Waals surface area contributed by atoms with E-state index in [1.165, 1.54) is 0 Å². The van der Waals surface area contributed by atoms with E-state index in [0.717, 1.165) is 17.5 Å². The van der Waals surface area contributed by atoms with Crippen LogP contribution in [0.15, 0.2) is 24.3 Å². The quantitative estimate of drug-likeness (QED) is 0.849. The third-order valence-electron chi connectivity index (χ3n) is 3.14. The Morgan fingerprint density at radius 1 is 1.44 bits per heavy atom. The van der Waals surface area contributed by atoms with Crippen molar-refractivity contribution in [3.8, 4) is 0 Å². The molecule has 1 heterocycles. The Bertz CT molecular complexity index is 363. The minimum Gasteiger partial charge on any atom is -0.481 e. The number of carboxylic acid groups (broad SMARTS) is 1. The Morgan fingerprint density at radius 3 is 2.62 bits per heavy atom. The van der Waals surface area contributed by atoms with Gasteiger partial charge in [-0.25, -0.2) is 0 Å². The summed E-state index contributed by atoms with van der Waals surface area (Å²) in [6.45, 7) is 3.24. The molecule has 0 aromatic heterocycles. The second-order valence-corrected chi connectivity index (χ2v) is 4.35. The summed E-state index contributed by atoms with van der Waals surface area (Å²) < 4.78 is 5.27. The molecule has 2 rings (SSSR count). The molecule has 1 aromatic rings. The van der Waals surface area contributed by atoms with E-state index in [2.05, 4.69) is 0 Å². The SMILES string of the molecule is Cc1ccc(C(C(=O)O)C2CCOC2)cc1. The molecule has 3 nitrogen and oxygen atoms in total. The Morgan fingerprint density at radius 2 is 2.12 bits per heavy atom. The Labute approximate surface area is 95.0 Å². The highest BCUT2D eigenvalue weighted by Gasteiger charge is 2.32. The molecule has 0 aliphatic carbocycles. The smallest absolute Gasteiger partial charge is 0.311 e. The largest absolute Gasteiger partial charge is 0.481 e. The molecule has 1 fully saturated rings. The second kappa shape index (κ2) is 4.66. The summed E-state index contributed by atoms with van der Waals surface area (Å²) in [6.07, 6.45) is 0.838. The van der Waals surface area contributed by atoms with Crippen LogP contribution in [0, 0.1) is 12.8 Å². The molecular weight excluding hydrogens is 204 g/mol. The highest BCUT2D eigenvalue weighted by atomic mass is 16.5. The average Bonchev–Trinajstić information content (AvgIpc) is 2.74. The van der Waals surface area contributed by atoms with Crippen LogP contribution in [0.25, 0.3) is 0 Å². The number of ether oxygens (including phenoxy) is 1. The molecular formula is C13H16O3. The number of carboxylic acids is 1. The number of rotatable bonds is 3. The van der Waals surface area contributed by atoms with Crippen molar-refractivity contribution in [3.63, 3.8) is 0 Å². The molecule has 86 valence electrons. The maximum absolute atomic E-state index is 11.3. The van der Waals surface area contributed by atoms with Crippen LogP contribution in [0.5, 0.6) is 0 Å². The first-order valence-electron chi connectivity index (χ1n) is 5.55. The summed E-state index contributed by atoms with van der Waals surface area (Å²) >= 11 is 0. The molecule has 1 aliphatic rings. The van der Waals surface area contributed by atoms with Crippen LogP contribution in [0.1, 0.15) is 23.5 Å². The summed E-state index contributed by atoms with van der Waals surface area (Å²) in [4.78, 5) is 11.3. The molecule has 2 atom stereocenters. The molecule has 0 bridgehead atoms. The first-order chi connectivity index (χ1) is 7.68. The van der Waals surface area contributed by atoms with Crippen LogP contribution in [-0.4, -0.2) is 24.3 Å². The molecule has 0 spiro atoms. The van der Waals surface area contributed by atoms with Crippen LogP contribution < -0.4 is 0 Å². The molecule has 16 heavy (non-hydrogen) atoms. The lowest BCUT2D eigenvalue weighted by Gasteiger charge is -2.18. The average molecular weight is 220 g/mol. The van der Waals surface area contributed by atoms with Gasteiger partial charge in [-0.15, -0.1) is 0 Å². The zero-order chi connectivity index (χ0) is 11.5. The maximum Gasteiger partial charge on any atom is 0.311 e. The first-order valence-corrected chi connectivity index (χ1v) is 5.55. The van der Waals surface area contributed by atoms with Gasteiger partial charge < -0.3 is 9.84 Å². The summed E-state index contributed by atoms with van der Waals surface area (Å²) in [7, 11) is 0. The van der Waals surface area contributed by atoms with E-state index < -0.39 is 11.9 Å². The van der Waals surface area contributed by atoms with Crippen molar-refractivity contribution in [2.45, 2.75) is 19.3 Å². The number of hydrogen-bond acceptors (Lipinski definition) is 2. The molecule has 0 saturated carbocycles. The minimum atomic E-state index is -0.751.